The number of aromatic nitrogens is 2. The molecule has 1 aromatic carbocycles. The van der Waals surface area contributed by atoms with Crippen molar-refractivity contribution in [2.45, 2.75) is 53.0 Å². The summed E-state index contributed by atoms with van der Waals surface area (Å²) >= 11 is 0. The number of amides is 2. The monoisotopic (exact) mass is 452 g/mol. The van der Waals surface area contributed by atoms with Crippen molar-refractivity contribution < 1.29 is 19.1 Å². The molecule has 8 heteroatoms. The lowest BCUT2D eigenvalue weighted by Gasteiger charge is -2.40. The molecule has 0 saturated carbocycles. The summed E-state index contributed by atoms with van der Waals surface area (Å²) in [6, 6.07) is 9.12. The Morgan fingerprint density at radius 1 is 1.09 bits per heavy atom. The molecular weight excluding hydrogens is 420 g/mol. The third-order valence-corrected chi connectivity index (χ3v) is 5.73. The van der Waals surface area contributed by atoms with Gasteiger partial charge >= 0.3 is 5.97 Å². The van der Waals surface area contributed by atoms with Crippen molar-refractivity contribution in [2.24, 2.45) is 0 Å². The van der Waals surface area contributed by atoms with E-state index in [0.717, 1.165) is 12.8 Å². The van der Waals surface area contributed by atoms with Crippen LogP contribution in [0.25, 0.3) is 11.3 Å². The van der Waals surface area contributed by atoms with Crippen LogP contribution in [0.3, 0.4) is 0 Å². The van der Waals surface area contributed by atoms with Gasteiger partial charge in [0.05, 0.1) is 12.3 Å². The molecule has 33 heavy (non-hydrogen) atoms. The fourth-order valence-electron chi connectivity index (χ4n) is 4.06. The molecule has 3 rings (SSSR count). The van der Waals surface area contributed by atoms with E-state index < -0.39 is 5.97 Å². The molecule has 2 heterocycles. The van der Waals surface area contributed by atoms with E-state index in [4.69, 9.17) is 4.74 Å². The van der Waals surface area contributed by atoms with E-state index in [-0.39, 0.29) is 35.7 Å². The Morgan fingerprint density at radius 3 is 2.45 bits per heavy atom. The number of ether oxygens (including phenoxy) is 1. The van der Waals surface area contributed by atoms with Gasteiger partial charge in [0.1, 0.15) is 17.1 Å². The number of hydrogen-bond donors (Lipinski definition) is 0. The summed E-state index contributed by atoms with van der Waals surface area (Å²) in [4.78, 5) is 51.4. The molecule has 0 radical (unpaired) electrons. The highest BCUT2D eigenvalue weighted by molar-refractivity contribution is 6.07. The topological polar surface area (TPSA) is 92.7 Å². The van der Waals surface area contributed by atoms with Crippen molar-refractivity contribution in [2.75, 3.05) is 26.2 Å². The third-order valence-electron chi connectivity index (χ3n) is 5.73. The van der Waals surface area contributed by atoms with Crippen molar-refractivity contribution in [1.82, 2.24) is 19.8 Å². The minimum atomic E-state index is -0.624. The van der Waals surface area contributed by atoms with Gasteiger partial charge in [-0.1, -0.05) is 43.7 Å². The lowest BCUT2D eigenvalue weighted by Crippen LogP contribution is -2.55. The molecular formula is C25H32N4O4. The first-order valence-corrected chi connectivity index (χ1v) is 11.6. The van der Waals surface area contributed by atoms with Crippen molar-refractivity contribution in [1.29, 1.82) is 0 Å². The summed E-state index contributed by atoms with van der Waals surface area (Å²) < 4.78 is 5.27. The van der Waals surface area contributed by atoms with Crippen LogP contribution in [0.2, 0.25) is 0 Å². The second-order valence-corrected chi connectivity index (χ2v) is 8.22. The Balaban J connectivity index is 1.94. The predicted octanol–water partition coefficient (Wildman–Crippen LogP) is 3.49. The summed E-state index contributed by atoms with van der Waals surface area (Å²) in [7, 11) is 0. The fourth-order valence-corrected chi connectivity index (χ4v) is 4.06. The van der Waals surface area contributed by atoms with Crippen LogP contribution in [-0.2, 0) is 9.53 Å². The molecule has 2 amide bonds. The number of carbonyl (C=O) groups excluding carboxylic acids is 3. The van der Waals surface area contributed by atoms with Gasteiger partial charge in [-0.3, -0.25) is 9.59 Å². The van der Waals surface area contributed by atoms with Crippen molar-refractivity contribution >= 4 is 17.8 Å². The van der Waals surface area contributed by atoms with Crippen LogP contribution in [-0.4, -0.2) is 69.8 Å². The minimum Gasteiger partial charge on any atom is -0.462 e. The maximum atomic E-state index is 13.6. The number of unbranched alkanes of at least 4 members (excludes halogenated alkanes) is 1. The lowest BCUT2D eigenvalue weighted by molar-refractivity contribution is -0.135. The zero-order valence-corrected chi connectivity index (χ0v) is 19.8. The number of rotatable bonds is 7. The number of hydrogen-bond acceptors (Lipinski definition) is 6. The van der Waals surface area contributed by atoms with E-state index in [1.54, 1.807) is 18.7 Å². The van der Waals surface area contributed by atoms with E-state index in [1.807, 2.05) is 42.2 Å². The van der Waals surface area contributed by atoms with Crippen molar-refractivity contribution in [3.63, 3.8) is 0 Å². The number of esters is 1. The van der Waals surface area contributed by atoms with Crippen LogP contribution in [0.4, 0.5) is 0 Å². The van der Waals surface area contributed by atoms with Crippen LogP contribution >= 0.6 is 0 Å². The molecule has 2 aromatic rings. The second-order valence-electron chi connectivity index (χ2n) is 8.22. The van der Waals surface area contributed by atoms with E-state index in [0.29, 0.717) is 43.1 Å². The van der Waals surface area contributed by atoms with Gasteiger partial charge in [0.15, 0.2) is 0 Å². The van der Waals surface area contributed by atoms with Gasteiger partial charge in [0, 0.05) is 37.7 Å². The maximum Gasteiger partial charge on any atom is 0.342 e. The second kappa shape index (κ2) is 11.0. The largest absolute Gasteiger partial charge is 0.462 e. The zero-order valence-electron chi connectivity index (χ0n) is 19.8. The van der Waals surface area contributed by atoms with Crippen LogP contribution < -0.4 is 0 Å². The highest BCUT2D eigenvalue weighted by atomic mass is 16.5. The molecule has 0 aliphatic carbocycles. The van der Waals surface area contributed by atoms with Gasteiger partial charge in [-0.25, -0.2) is 14.8 Å². The molecule has 176 valence electrons. The van der Waals surface area contributed by atoms with Gasteiger partial charge < -0.3 is 14.5 Å². The lowest BCUT2D eigenvalue weighted by atomic mass is 10.0. The number of piperazine rings is 1. The molecule has 1 aromatic heterocycles. The van der Waals surface area contributed by atoms with Crippen molar-refractivity contribution in [3.05, 3.63) is 47.4 Å². The smallest absolute Gasteiger partial charge is 0.342 e. The number of nitrogens with zero attached hydrogens (tertiary/aromatic N) is 4. The van der Waals surface area contributed by atoms with Crippen LogP contribution in [0.1, 0.15) is 66.7 Å². The first kappa shape index (κ1) is 24.4. The summed E-state index contributed by atoms with van der Waals surface area (Å²) in [6.45, 7) is 8.80. The van der Waals surface area contributed by atoms with Crippen LogP contribution in [0.5, 0.6) is 0 Å². The Hall–Kier alpha value is -3.29. The fraction of sp³-hybridized carbons (Fsp3) is 0.480. The third kappa shape index (κ3) is 5.56. The number of aryl methyl sites for hydroxylation is 1. The molecule has 1 saturated heterocycles. The van der Waals surface area contributed by atoms with Crippen molar-refractivity contribution in [3.8, 4) is 11.3 Å². The average molecular weight is 453 g/mol. The Labute approximate surface area is 195 Å². The SMILES string of the molecule is CCCCC(=O)N1CCN(C(=O)c2nc(C)nc(-c3ccccc3)c2C(=O)OCC)CC1C. The Kier molecular flexibility index (Phi) is 8.14. The first-order valence-electron chi connectivity index (χ1n) is 11.6. The highest BCUT2D eigenvalue weighted by Gasteiger charge is 2.34. The first-order chi connectivity index (χ1) is 15.9. The zero-order chi connectivity index (χ0) is 24.0. The molecule has 0 spiro atoms. The van der Waals surface area contributed by atoms with E-state index in [9.17, 15) is 14.4 Å². The molecule has 1 aliphatic heterocycles. The number of carbonyl (C=O) groups is 3. The standard InChI is InChI=1S/C25H32N4O4/c1-5-7-13-20(30)29-15-14-28(16-17(29)3)24(31)23-21(25(32)33-6-2)22(26-18(4)27-23)19-11-9-8-10-12-19/h8-12,17H,5-7,13-16H2,1-4H3. The van der Waals surface area contributed by atoms with Gasteiger partial charge in [-0.05, 0) is 27.2 Å². The Morgan fingerprint density at radius 2 is 1.82 bits per heavy atom. The highest BCUT2D eigenvalue weighted by Crippen LogP contribution is 2.26. The molecule has 1 unspecified atom stereocenters. The predicted molar refractivity (Wildman–Crippen MR) is 125 cm³/mol. The van der Waals surface area contributed by atoms with Crippen LogP contribution in [0.15, 0.2) is 30.3 Å². The summed E-state index contributed by atoms with van der Waals surface area (Å²) in [5.74, 6) is -0.464. The molecule has 8 nitrogen and oxygen atoms in total. The van der Waals surface area contributed by atoms with E-state index in [1.165, 1.54) is 0 Å². The van der Waals surface area contributed by atoms with Gasteiger partial charge in [-0.15, -0.1) is 0 Å². The van der Waals surface area contributed by atoms with Gasteiger partial charge in [-0.2, -0.15) is 0 Å². The van der Waals surface area contributed by atoms with E-state index in [2.05, 4.69) is 16.9 Å². The average Bonchev–Trinajstić information content (AvgIpc) is 2.82. The minimum absolute atomic E-state index is 0.0396. The summed E-state index contributed by atoms with van der Waals surface area (Å²) in [5.41, 5.74) is 1.21. The van der Waals surface area contributed by atoms with E-state index >= 15 is 0 Å². The normalized spacial score (nSPS) is 15.9. The molecule has 0 N–H and O–H groups in total. The van der Waals surface area contributed by atoms with Gasteiger partial charge in [0.2, 0.25) is 5.91 Å². The maximum absolute atomic E-state index is 13.6. The number of benzene rings is 1. The molecule has 0 bridgehead atoms. The quantitative estimate of drug-likeness (QED) is 0.597. The summed E-state index contributed by atoms with van der Waals surface area (Å²) in [6.07, 6.45) is 2.34. The molecule has 1 fully saturated rings. The Bertz CT molecular complexity index is 1010. The van der Waals surface area contributed by atoms with Gasteiger partial charge in [0.25, 0.3) is 5.91 Å². The summed E-state index contributed by atoms with van der Waals surface area (Å²) in [5, 5.41) is 0. The van der Waals surface area contributed by atoms with Crippen LogP contribution in [0, 0.1) is 6.92 Å². The molecule has 1 atom stereocenters. The molecule has 1 aliphatic rings.